The third kappa shape index (κ3) is 7.08. The molecule has 3 aromatic heterocycles. The van der Waals surface area contributed by atoms with Gasteiger partial charge in [-0.15, -0.1) is 0 Å². The van der Waals surface area contributed by atoms with E-state index in [0.29, 0.717) is 34.5 Å². The van der Waals surface area contributed by atoms with Crippen molar-refractivity contribution in [1.82, 2.24) is 24.5 Å². The Labute approximate surface area is 261 Å². The topological polar surface area (TPSA) is 149 Å². The van der Waals surface area contributed by atoms with E-state index in [4.69, 9.17) is 9.29 Å². The number of benzene rings is 3. The first kappa shape index (κ1) is 31.9. The first-order valence-corrected chi connectivity index (χ1v) is 15.5. The van der Waals surface area contributed by atoms with Gasteiger partial charge in [-0.25, -0.2) is 13.5 Å². The molecule has 6 rings (SSSR count). The van der Waals surface area contributed by atoms with Crippen molar-refractivity contribution in [2.24, 2.45) is 7.05 Å². The van der Waals surface area contributed by atoms with Crippen molar-refractivity contribution in [3.05, 3.63) is 124 Å². The molecule has 0 aliphatic rings. The molecule has 236 valence electrons. The number of fused-ring (bicyclic) bond motifs is 1. The SMILES string of the molecule is CS(=O)(=O)O.Cc1c(C(=O)Cc2ccc(Oc3cc4cn[nH]c4cc3-c3cccnc3)c(F)c2)c(=O)n(-c2ccc(F)cc2)n1C. The first-order valence-electron chi connectivity index (χ1n) is 13.6. The number of halogens is 2. The number of hydrogen-bond donors (Lipinski definition) is 2. The maximum atomic E-state index is 15.3. The second-order valence-electron chi connectivity index (χ2n) is 10.3. The Hall–Kier alpha value is -5.47. The van der Waals surface area contributed by atoms with Crippen LogP contribution >= 0.6 is 0 Å². The highest BCUT2D eigenvalue weighted by Crippen LogP contribution is 2.37. The Morgan fingerprint density at radius 3 is 2.39 bits per heavy atom. The van der Waals surface area contributed by atoms with Crippen LogP contribution in [0.4, 0.5) is 8.78 Å². The molecule has 0 spiro atoms. The van der Waals surface area contributed by atoms with Crippen LogP contribution in [-0.4, -0.2) is 49.6 Å². The zero-order valence-corrected chi connectivity index (χ0v) is 25.5. The van der Waals surface area contributed by atoms with Crippen LogP contribution < -0.4 is 10.3 Å². The van der Waals surface area contributed by atoms with E-state index in [-0.39, 0.29) is 17.7 Å². The third-order valence-corrected chi connectivity index (χ3v) is 7.00. The summed E-state index contributed by atoms with van der Waals surface area (Å²) in [5.74, 6) is -1.16. The van der Waals surface area contributed by atoms with Gasteiger partial charge in [0.05, 0.1) is 23.7 Å². The summed E-state index contributed by atoms with van der Waals surface area (Å²) < 4.78 is 63.4. The second-order valence-corrected chi connectivity index (χ2v) is 11.8. The molecule has 6 aromatic rings. The summed E-state index contributed by atoms with van der Waals surface area (Å²) in [5, 5.41) is 7.78. The van der Waals surface area contributed by atoms with Gasteiger partial charge >= 0.3 is 0 Å². The van der Waals surface area contributed by atoms with Crippen LogP contribution in [0.1, 0.15) is 21.6 Å². The number of H-pyrrole nitrogens is 1. The minimum atomic E-state index is -3.67. The molecule has 3 heterocycles. The summed E-state index contributed by atoms with van der Waals surface area (Å²) in [6.07, 6.45) is 5.52. The van der Waals surface area contributed by atoms with Gasteiger partial charge in [0.15, 0.2) is 17.3 Å². The fraction of sp³-hybridized carbons (Fsp3) is 0.125. The number of carbonyl (C=O) groups is 1. The van der Waals surface area contributed by atoms with Crippen LogP contribution in [0.25, 0.3) is 27.7 Å². The molecule has 3 aromatic carbocycles. The van der Waals surface area contributed by atoms with Crippen molar-refractivity contribution in [2.45, 2.75) is 13.3 Å². The van der Waals surface area contributed by atoms with Gasteiger partial charge in [-0.2, -0.15) is 13.5 Å². The van der Waals surface area contributed by atoms with Crippen LogP contribution in [0.2, 0.25) is 0 Å². The Morgan fingerprint density at radius 2 is 1.74 bits per heavy atom. The number of pyridine rings is 1. The van der Waals surface area contributed by atoms with E-state index in [0.717, 1.165) is 16.5 Å². The van der Waals surface area contributed by atoms with Crippen LogP contribution in [0, 0.1) is 18.6 Å². The minimum absolute atomic E-state index is 0.00733. The van der Waals surface area contributed by atoms with Gasteiger partial charge in [0.1, 0.15) is 17.1 Å². The predicted molar refractivity (Wildman–Crippen MR) is 167 cm³/mol. The van der Waals surface area contributed by atoms with E-state index in [1.807, 2.05) is 12.1 Å². The molecule has 0 bridgehead atoms. The number of Topliss-reactive ketones (excluding diaryl/α,β-unsaturated/α-hetero) is 1. The number of carbonyl (C=O) groups excluding carboxylic acids is 1. The lowest BCUT2D eigenvalue weighted by atomic mass is 10.0. The number of ether oxygens (including phenoxy) is 1. The van der Waals surface area contributed by atoms with Crippen molar-refractivity contribution >= 4 is 26.8 Å². The molecular weight excluding hydrogens is 620 g/mol. The average molecular weight is 648 g/mol. The zero-order valence-electron chi connectivity index (χ0n) is 24.7. The van der Waals surface area contributed by atoms with E-state index in [1.54, 1.807) is 50.8 Å². The van der Waals surface area contributed by atoms with E-state index in [2.05, 4.69) is 15.2 Å². The molecule has 0 unspecified atom stereocenters. The average Bonchev–Trinajstić information content (AvgIpc) is 3.54. The third-order valence-electron chi connectivity index (χ3n) is 7.00. The van der Waals surface area contributed by atoms with Crippen LogP contribution in [0.5, 0.6) is 11.5 Å². The fourth-order valence-electron chi connectivity index (χ4n) is 4.83. The smallest absolute Gasteiger partial charge is 0.282 e. The summed E-state index contributed by atoms with van der Waals surface area (Å²) in [6, 6.07) is 17.0. The summed E-state index contributed by atoms with van der Waals surface area (Å²) >= 11 is 0. The van der Waals surface area contributed by atoms with E-state index < -0.39 is 33.1 Å². The molecule has 0 atom stereocenters. The van der Waals surface area contributed by atoms with Crippen molar-refractivity contribution in [2.75, 3.05) is 6.26 Å². The van der Waals surface area contributed by atoms with Crippen molar-refractivity contribution in [1.29, 1.82) is 0 Å². The normalized spacial score (nSPS) is 11.3. The molecule has 0 aliphatic carbocycles. The maximum Gasteiger partial charge on any atom is 0.282 e. The van der Waals surface area contributed by atoms with Gasteiger partial charge in [0.2, 0.25) is 0 Å². The molecule has 0 amide bonds. The molecule has 0 saturated heterocycles. The number of hydrogen-bond acceptors (Lipinski definition) is 7. The van der Waals surface area contributed by atoms with Gasteiger partial charge in [-0.3, -0.25) is 28.9 Å². The zero-order chi connectivity index (χ0) is 33.2. The summed E-state index contributed by atoms with van der Waals surface area (Å²) in [5.41, 5.74) is 2.99. The Kier molecular flexibility index (Phi) is 8.94. The van der Waals surface area contributed by atoms with Gasteiger partial charge in [0, 0.05) is 48.1 Å². The highest BCUT2D eigenvalue weighted by Gasteiger charge is 2.23. The van der Waals surface area contributed by atoms with Crippen molar-refractivity contribution < 1.29 is 31.3 Å². The van der Waals surface area contributed by atoms with Gasteiger partial charge in [-0.05, 0) is 67.1 Å². The summed E-state index contributed by atoms with van der Waals surface area (Å²) in [7, 11) is -2.02. The molecule has 11 nitrogen and oxygen atoms in total. The Morgan fingerprint density at radius 1 is 1.02 bits per heavy atom. The van der Waals surface area contributed by atoms with Gasteiger partial charge < -0.3 is 4.74 Å². The van der Waals surface area contributed by atoms with Crippen molar-refractivity contribution in [3.8, 4) is 28.3 Å². The minimum Gasteiger partial charge on any atom is -0.454 e. The first-order chi connectivity index (χ1) is 21.8. The second kappa shape index (κ2) is 12.9. The molecule has 2 N–H and O–H groups in total. The predicted octanol–water partition coefficient (Wildman–Crippen LogP) is 5.42. The van der Waals surface area contributed by atoms with E-state index in [9.17, 15) is 22.4 Å². The Bertz CT molecular complexity index is 2220. The standard InChI is InChI=1S/C31H23F2N5O3.CH4O3S/c1-18-30(31(40)38(37(18)2)23-8-6-22(32)7-9-23)27(39)13-19-5-10-28(25(33)12-19)41-29-14-21-17-35-36-26(21)15-24(29)20-4-3-11-34-16-20;1-5(2,3)4/h3-12,14-17H,13H2,1-2H3,(H,35,36);1H3,(H,2,3,4). The van der Waals surface area contributed by atoms with Gasteiger partial charge in [-0.1, -0.05) is 12.1 Å². The molecule has 14 heteroatoms. The van der Waals surface area contributed by atoms with Crippen LogP contribution in [-0.2, 0) is 23.6 Å². The quantitative estimate of drug-likeness (QED) is 0.172. The number of nitrogens with one attached hydrogen (secondary N) is 1. The Balaban J connectivity index is 0.000000775. The number of nitrogens with zero attached hydrogens (tertiary/aromatic N) is 4. The van der Waals surface area contributed by atoms with E-state index >= 15 is 4.39 Å². The molecular formula is C32H27F2N5O6S. The fourth-order valence-corrected chi connectivity index (χ4v) is 4.83. The molecule has 0 fully saturated rings. The lowest BCUT2D eigenvalue weighted by Gasteiger charge is -2.13. The number of aromatic nitrogens is 5. The van der Waals surface area contributed by atoms with Crippen LogP contribution in [0.15, 0.2) is 90.1 Å². The summed E-state index contributed by atoms with van der Waals surface area (Å²) in [6.45, 7) is 1.66. The molecule has 46 heavy (non-hydrogen) atoms. The monoisotopic (exact) mass is 647 g/mol. The molecule has 0 radical (unpaired) electrons. The number of ketones is 1. The lowest BCUT2D eigenvalue weighted by Crippen LogP contribution is -2.23. The number of aromatic amines is 1. The lowest BCUT2D eigenvalue weighted by molar-refractivity contribution is 0.0991. The van der Waals surface area contributed by atoms with Gasteiger partial charge in [0.25, 0.3) is 15.7 Å². The highest BCUT2D eigenvalue weighted by atomic mass is 32.2. The van der Waals surface area contributed by atoms with Crippen molar-refractivity contribution in [3.63, 3.8) is 0 Å². The maximum absolute atomic E-state index is 15.3. The largest absolute Gasteiger partial charge is 0.454 e. The number of rotatable bonds is 7. The van der Waals surface area contributed by atoms with Crippen LogP contribution in [0.3, 0.4) is 0 Å². The molecule has 0 aliphatic heterocycles. The van der Waals surface area contributed by atoms with E-state index in [1.165, 1.54) is 45.8 Å². The summed E-state index contributed by atoms with van der Waals surface area (Å²) in [4.78, 5) is 30.6. The molecule has 0 saturated carbocycles. The highest BCUT2D eigenvalue weighted by molar-refractivity contribution is 7.85.